The summed E-state index contributed by atoms with van der Waals surface area (Å²) in [6, 6.07) is 0. The summed E-state index contributed by atoms with van der Waals surface area (Å²) in [4.78, 5) is 11.3. The normalized spacial score (nSPS) is 17.5. The summed E-state index contributed by atoms with van der Waals surface area (Å²) in [6.45, 7) is 9.30. The summed E-state index contributed by atoms with van der Waals surface area (Å²) >= 11 is 0. The first-order valence-corrected chi connectivity index (χ1v) is 6.89. The van der Waals surface area contributed by atoms with Crippen molar-refractivity contribution in [2.24, 2.45) is 17.6 Å². The first kappa shape index (κ1) is 13.3. The van der Waals surface area contributed by atoms with Crippen LogP contribution in [-0.4, -0.2) is 23.1 Å². The average Bonchev–Trinajstić information content (AvgIpc) is 2.38. The number of piperidine rings is 1. The van der Waals surface area contributed by atoms with Crippen LogP contribution in [0.5, 0.6) is 0 Å². The third kappa shape index (κ3) is 2.80. The summed E-state index contributed by atoms with van der Waals surface area (Å²) in [5.41, 5.74) is 7.68. The van der Waals surface area contributed by atoms with Gasteiger partial charge in [-0.05, 0) is 31.6 Å². The molecule has 0 aromatic carbocycles. The summed E-state index contributed by atoms with van der Waals surface area (Å²) in [5.74, 6) is 2.51. The maximum atomic E-state index is 5.64. The molecule has 18 heavy (non-hydrogen) atoms. The van der Waals surface area contributed by atoms with Gasteiger partial charge in [-0.3, -0.25) is 0 Å². The van der Waals surface area contributed by atoms with Gasteiger partial charge in [-0.25, -0.2) is 9.97 Å². The molecule has 0 unspecified atom stereocenters. The molecule has 0 saturated carbocycles. The highest BCUT2D eigenvalue weighted by molar-refractivity contribution is 5.33. The van der Waals surface area contributed by atoms with Gasteiger partial charge in [0.25, 0.3) is 0 Å². The minimum Gasteiger partial charge on any atom is -0.341 e. The lowest BCUT2D eigenvalue weighted by atomic mass is 9.87. The van der Waals surface area contributed by atoms with Gasteiger partial charge in [-0.1, -0.05) is 13.8 Å². The topological polar surface area (TPSA) is 55.0 Å². The van der Waals surface area contributed by atoms with Crippen molar-refractivity contribution in [3.05, 3.63) is 17.5 Å². The molecule has 0 aliphatic carbocycles. The maximum absolute atomic E-state index is 5.64. The van der Waals surface area contributed by atoms with Crippen LogP contribution in [-0.2, 0) is 6.54 Å². The number of aromatic nitrogens is 2. The first-order chi connectivity index (χ1) is 8.61. The zero-order valence-electron chi connectivity index (χ0n) is 11.7. The molecule has 0 amide bonds. The van der Waals surface area contributed by atoms with E-state index in [-0.39, 0.29) is 0 Å². The second-order valence-corrected chi connectivity index (χ2v) is 5.55. The number of hydrogen-bond acceptors (Lipinski definition) is 4. The molecule has 1 aliphatic rings. The Kier molecular flexibility index (Phi) is 4.17. The quantitative estimate of drug-likeness (QED) is 0.890. The Morgan fingerprint density at radius 3 is 2.56 bits per heavy atom. The zero-order chi connectivity index (χ0) is 13.1. The number of nitrogens with zero attached hydrogens (tertiary/aromatic N) is 3. The lowest BCUT2D eigenvalue weighted by molar-refractivity contribution is 0.310. The van der Waals surface area contributed by atoms with E-state index >= 15 is 0 Å². The highest BCUT2D eigenvalue weighted by Crippen LogP contribution is 2.26. The van der Waals surface area contributed by atoms with Crippen molar-refractivity contribution >= 4 is 5.95 Å². The molecule has 4 heteroatoms. The van der Waals surface area contributed by atoms with Crippen molar-refractivity contribution in [1.29, 1.82) is 0 Å². The molecular formula is C14H24N4. The van der Waals surface area contributed by atoms with Crippen LogP contribution < -0.4 is 10.6 Å². The molecule has 0 atom stereocenters. The van der Waals surface area contributed by atoms with Crippen LogP contribution >= 0.6 is 0 Å². The van der Waals surface area contributed by atoms with E-state index in [1.54, 1.807) is 0 Å². The molecule has 0 bridgehead atoms. The smallest absolute Gasteiger partial charge is 0.225 e. The van der Waals surface area contributed by atoms with Gasteiger partial charge in [0.2, 0.25) is 5.95 Å². The molecule has 1 aromatic heterocycles. The van der Waals surface area contributed by atoms with Crippen molar-refractivity contribution in [1.82, 2.24) is 9.97 Å². The minimum atomic E-state index is 0.515. The fourth-order valence-corrected chi connectivity index (χ4v) is 2.60. The number of rotatable bonds is 3. The van der Waals surface area contributed by atoms with E-state index in [1.165, 1.54) is 12.8 Å². The SMILES string of the molecule is Cc1nc(N2CCC(C(C)C)CC2)ncc1CN. The van der Waals surface area contributed by atoms with Crippen LogP contribution in [0.2, 0.25) is 0 Å². The molecule has 1 fully saturated rings. The van der Waals surface area contributed by atoms with E-state index in [1.807, 2.05) is 13.1 Å². The molecule has 1 aromatic rings. The molecule has 100 valence electrons. The first-order valence-electron chi connectivity index (χ1n) is 6.89. The molecular weight excluding hydrogens is 224 g/mol. The minimum absolute atomic E-state index is 0.515. The van der Waals surface area contributed by atoms with Gasteiger partial charge in [-0.15, -0.1) is 0 Å². The van der Waals surface area contributed by atoms with Crippen molar-refractivity contribution in [3.63, 3.8) is 0 Å². The maximum Gasteiger partial charge on any atom is 0.225 e. The van der Waals surface area contributed by atoms with Gasteiger partial charge in [-0.2, -0.15) is 0 Å². The van der Waals surface area contributed by atoms with Gasteiger partial charge in [0.15, 0.2) is 0 Å². The number of anilines is 1. The second kappa shape index (κ2) is 5.65. The monoisotopic (exact) mass is 248 g/mol. The van der Waals surface area contributed by atoms with E-state index in [9.17, 15) is 0 Å². The van der Waals surface area contributed by atoms with E-state index in [0.29, 0.717) is 6.54 Å². The Bertz CT molecular complexity index is 395. The molecule has 4 nitrogen and oxygen atoms in total. The van der Waals surface area contributed by atoms with Gasteiger partial charge in [0.05, 0.1) is 0 Å². The molecule has 2 heterocycles. The third-order valence-corrected chi connectivity index (χ3v) is 4.05. The van der Waals surface area contributed by atoms with E-state index < -0.39 is 0 Å². The fourth-order valence-electron chi connectivity index (χ4n) is 2.60. The number of hydrogen-bond donors (Lipinski definition) is 1. The number of nitrogens with two attached hydrogens (primary N) is 1. The van der Waals surface area contributed by atoms with Crippen molar-refractivity contribution in [2.45, 2.75) is 40.2 Å². The number of aryl methyl sites for hydroxylation is 1. The molecule has 0 radical (unpaired) electrons. The van der Waals surface area contributed by atoms with Crippen LogP contribution in [0.25, 0.3) is 0 Å². The average molecular weight is 248 g/mol. The van der Waals surface area contributed by atoms with Crippen molar-refractivity contribution < 1.29 is 0 Å². The Labute approximate surface area is 110 Å². The highest BCUT2D eigenvalue weighted by atomic mass is 15.2. The zero-order valence-corrected chi connectivity index (χ0v) is 11.7. The Morgan fingerprint density at radius 1 is 1.39 bits per heavy atom. The van der Waals surface area contributed by atoms with Gasteiger partial charge >= 0.3 is 0 Å². The fraction of sp³-hybridized carbons (Fsp3) is 0.714. The Hall–Kier alpha value is -1.16. The molecule has 1 aliphatic heterocycles. The van der Waals surface area contributed by atoms with Crippen LogP contribution in [0.1, 0.15) is 37.9 Å². The van der Waals surface area contributed by atoms with E-state index in [0.717, 1.165) is 42.1 Å². The van der Waals surface area contributed by atoms with Crippen LogP contribution in [0.3, 0.4) is 0 Å². The Balaban J connectivity index is 2.03. The predicted octanol–water partition coefficient (Wildman–Crippen LogP) is 2.12. The standard InChI is InChI=1S/C14H24N4/c1-10(2)12-4-6-18(7-5-12)14-16-9-13(8-15)11(3)17-14/h9-10,12H,4-8,15H2,1-3H3. The summed E-state index contributed by atoms with van der Waals surface area (Å²) in [5, 5.41) is 0. The lowest BCUT2D eigenvalue weighted by Gasteiger charge is -2.34. The van der Waals surface area contributed by atoms with Gasteiger partial charge in [0, 0.05) is 37.1 Å². The van der Waals surface area contributed by atoms with Crippen LogP contribution in [0.15, 0.2) is 6.20 Å². The van der Waals surface area contributed by atoms with E-state index in [4.69, 9.17) is 5.73 Å². The summed E-state index contributed by atoms with van der Waals surface area (Å²) in [6.07, 6.45) is 4.36. The third-order valence-electron chi connectivity index (χ3n) is 4.05. The van der Waals surface area contributed by atoms with Crippen LogP contribution in [0.4, 0.5) is 5.95 Å². The largest absolute Gasteiger partial charge is 0.341 e. The molecule has 2 rings (SSSR count). The van der Waals surface area contributed by atoms with Gasteiger partial charge in [0.1, 0.15) is 0 Å². The predicted molar refractivity (Wildman–Crippen MR) is 74.4 cm³/mol. The highest BCUT2D eigenvalue weighted by Gasteiger charge is 2.23. The molecule has 2 N–H and O–H groups in total. The Morgan fingerprint density at radius 2 is 2.06 bits per heavy atom. The van der Waals surface area contributed by atoms with Gasteiger partial charge < -0.3 is 10.6 Å². The van der Waals surface area contributed by atoms with Crippen molar-refractivity contribution in [2.75, 3.05) is 18.0 Å². The lowest BCUT2D eigenvalue weighted by Crippen LogP contribution is -2.36. The van der Waals surface area contributed by atoms with E-state index in [2.05, 4.69) is 28.7 Å². The molecule has 1 saturated heterocycles. The summed E-state index contributed by atoms with van der Waals surface area (Å²) < 4.78 is 0. The van der Waals surface area contributed by atoms with Crippen molar-refractivity contribution in [3.8, 4) is 0 Å². The molecule has 0 spiro atoms. The second-order valence-electron chi connectivity index (χ2n) is 5.55. The van der Waals surface area contributed by atoms with Crippen LogP contribution in [0, 0.1) is 18.8 Å². The summed E-state index contributed by atoms with van der Waals surface area (Å²) in [7, 11) is 0.